The van der Waals surface area contributed by atoms with E-state index in [1.54, 1.807) is 0 Å². The van der Waals surface area contributed by atoms with Gasteiger partial charge in [-0.1, -0.05) is 96.0 Å². The zero-order valence-electron chi connectivity index (χ0n) is 24.8. The molecule has 0 N–H and O–H groups in total. The molecule has 2 aliphatic heterocycles. The van der Waals surface area contributed by atoms with Crippen molar-refractivity contribution in [2.75, 3.05) is 6.61 Å². The Morgan fingerprint density at radius 3 is 1.92 bits per heavy atom. The van der Waals surface area contributed by atoms with Crippen molar-refractivity contribution >= 4 is 18.5 Å². The molecule has 0 spiro atoms. The second-order valence-corrected chi connectivity index (χ2v) is 11.4. The van der Waals surface area contributed by atoms with Gasteiger partial charge in [0.05, 0.1) is 6.61 Å². The Kier molecular flexibility index (Phi) is 8.68. The number of rotatable bonds is 8. The van der Waals surface area contributed by atoms with E-state index in [-0.39, 0.29) is 23.2 Å². The van der Waals surface area contributed by atoms with Gasteiger partial charge in [-0.25, -0.2) is 0 Å². The fourth-order valence-electron chi connectivity index (χ4n) is 5.95. The van der Waals surface area contributed by atoms with Crippen LogP contribution in [0.5, 0.6) is 0 Å². The van der Waals surface area contributed by atoms with Crippen molar-refractivity contribution in [3.8, 4) is 0 Å². The lowest BCUT2D eigenvalue weighted by Crippen LogP contribution is -2.61. The van der Waals surface area contributed by atoms with Crippen molar-refractivity contribution in [3.05, 3.63) is 69.8 Å². The molecule has 2 aliphatic rings. The minimum Gasteiger partial charge on any atom is -0.428 e. The summed E-state index contributed by atoms with van der Waals surface area (Å²) in [5.41, 5.74) is 9.56. The molecule has 196 valence electrons. The number of benzene rings is 2. The molecule has 0 aromatic heterocycles. The van der Waals surface area contributed by atoms with Gasteiger partial charge < -0.3 is 9.39 Å². The number of hydrogen-bond donors (Lipinski definition) is 0. The molecule has 2 atom stereocenters. The lowest BCUT2D eigenvalue weighted by Gasteiger charge is -2.49. The van der Waals surface area contributed by atoms with Crippen LogP contribution in [-0.2, 0) is 14.8 Å². The van der Waals surface area contributed by atoms with Crippen molar-refractivity contribution < 1.29 is 9.39 Å². The highest BCUT2D eigenvalue weighted by atomic mass is 16.6. The number of epoxide rings is 1. The molecular weight excluding hydrogens is 439 g/mol. The van der Waals surface area contributed by atoms with Gasteiger partial charge in [-0.3, -0.25) is 0 Å². The van der Waals surface area contributed by atoms with Gasteiger partial charge >= 0.3 is 6.92 Å². The topological polar surface area (TPSA) is 21.8 Å². The van der Waals surface area contributed by atoms with E-state index in [1.807, 2.05) is 13.8 Å². The molecule has 4 rings (SSSR count). The van der Waals surface area contributed by atoms with Crippen molar-refractivity contribution in [3.63, 3.8) is 0 Å². The van der Waals surface area contributed by atoms with Gasteiger partial charge in [0.2, 0.25) is 0 Å². The van der Waals surface area contributed by atoms with E-state index in [0.29, 0.717) is 6.10 Å². The zero-order chi connectivity index (χ0) is 26.9. The van der Waals surface area contributed by atoms with Gasteiger partial charge in [-0.05, 0) is 86.1 Å². The van der Waals surface area contributed by atoms with Crippen LogP contribution in [0.4, 0.5) is 0 Å². The first kappa shape index (κ1) is 28.7. The van der Waals surface area contributed by atoms with Crippen LogP contribution < -0.4 is 5.46 Å². The van der Waals surface area contributed by atoms with Gasteiger partial charge in [-0.2, -0.15) is 0 Å². The first-order valence-corrected chi connectivity index (χ1v) is 14.2. The van der Waals surface area contributed by atoms with Crippen LogP contribution in [0.1, 0.15) is 108 Å². The predicted molar refractivity (Wildman–Crippen MR) is 158 cm³/mol. The van der Waals surface area contributed by atoms with E-state index in [9.17, 15) is 0 Å². The number of ether oxygens (including phenoxy) is 1. The second kappa shape index (κ2) is 10.9. The summed E-state index contributed by atoms with van der Waals surface area (Å²) in [4.78, 5) is 0. The quantitative estimate of drug-likeness (QED) is 0.275. The first-order valence-electron chi connectivity index (χ1n) is 14.2. The summed E-state index contributed by atoms with van der Waals surface area (Å²) in [6.07, 6.45) is 7.98. The molecule has 2 heterocycles. The SMILES string of the molecule is CC.CCC1(/C=C/c2ccc(C(CC)(CC)c3cc(C)c(B4OC(C)C4(C)C)c(C)c3)cc2C)CO1. The van der Waals surface area contributed by atoms with Crippen LogP contribution in [0.15, 0.2) is 36.4 Å². The fraction of sp³-hybridized carbons (Fsp3) is 0.576. The minimum absolute atomic E-state index is 0.00851. The second-order valence-electron chi connectivity index (χ2n) is 11.4. The van der Waals surface area contributed by atoms with Crippen LogP contribution >= 0.6 is 0 Å². The maximum Gasteiger partial charge on any atom is 0.335 e. The maximum absolute atomic E-state index is 6.24. The molecule has 3 heteroatoms. The summed E-state index contributed by atoms with van der Waals surface area (Å²) < 4.78 is 11.9. The number of aryl methyl sites for hydroxylation is 3. The molecule has 0 amide bonds. The molecule has 36 heavy (non-hydrogen) atoms. The number of hydrogen-bond acceptors (Lipinski definition) is 2. The van der Waals surface area contributed by atoms with Gasteiger partial charge in [-0.15, -0.1) is 0 Å². The van der Waals surface area contributed by atoms with Crippen molar-refractivity contribution in [2.24, 2.45) is 0 Å². The van der Waals surface area contributed by atoms with Crippen LogP contribution in [0.3, 0.4) is 0 Å². The van der Waals surface area contributed by atoms with E-state index < -0.39 is 0 Å². The lowest BCUT2D eigenvalue weighted by molar-refractivity contribution is 0.0938. The summed E-state index contributed by atoms with van der Waals surface area (Å²) in [6.45, 7) is 25.5. The molecule has 2 fully saturated rings. The van der Waals surface area contributed by atoms with Gasteiger partial charge in [0.25, 0.3) is 0 Å². The van der Waals surface area contributed by atoms with Crippen LogP contribution in [0.2, 0.25) is 5.31 Å². The van der Waals surface area contributed by atoms with Gasteiger partial charge in [0, 0.05) is 11.5 Å². The average molecular weight is 489 g/mol. The highest BCUT2D eigenvalue weighted by Crippen LogP contribution is 2.46. The highest BCUT2D eigenvalue weighted by molar-refractivity contribution is 6.73. The standard InChI is InChI=1S/C31H43BO2.C2H6/c1-10-30(20-33-30)16-15-25-13-14-26(17-21(25)4)31(11-2,12-3)27-18-22(5)28(23(6)19-27)32-29(8,9)24(7)34-32;1-2/h13-19,24H,10-12,20H2,1-9H3;1-2H3/b16-15+;. The van der Waals surface area contributed by atoms with Crippen molar-refractivity contribution in [1.29, 1.82) is 0 Å². The van der Waals surface area contributed by atoms with Crippen LogP contribution in [-0.4, -0.2) is 25.2 Å². The Bertz CT molecular complexity index is 1070. The lowest BCUT2D eigenvalue weighted by atomic mass is 9.35. The first-order chi connectivity index (χ1) is 17.0. The third kappa shape index (κ3) is 4.98. The Hall–Kier alpha value is -1.84. The molecule has 0 bridgehead atoms. The fourth-order valence-corrected chi connectivity index (χ4v) is 5.95. The minimum atomic E-state index is -0.0188. The Labute approximate surface area is 222 Å². The zero-order valence-corrected chi connectivity index (χ0v) is 24.8. The average Bonchev–Trinajstić information content (AvgIpc) is 3.65. The molecule has 2 saturated heterocycles. The molecule has 2 aromatic carbocycles. The molecule has 2 unspecified atom stereocenters. The molecule has 0 saturated carbocycles. The molecule has 0 aliphatic carbocycles. The molecule has 2 aromatic rings. The Morgan fingerprint density at radius 1 is 0.944 bits per heavy atom. The van der Waals surface area contributed by atoms with Crippen molar-refractivity contribution in [1.82, 2.24) is 0 Å². The largest absolute Gasteiger partial charge is 0.428 e. The van der Waals surface area contributed by atoms with Crippen molar-refractivity contribution in [2.45, 2.75) is 118 Å². The monoisotopic (exact) mass is 488 g/mol. The summed E-state index contributed by atoms with van der Waals surface area (Å²) in [7, 11) is 0. The summed E-state index contributed by atoms with van der Waals surface area (Å²) in [6, 6.07) is 11.9. The smallest absolute Gasteiger partial charge is 0.335 e. The highest BCUT2D eigenvalue weighted by Gasteiger charge is 2.52. The van der Waals surface area contributed by atoms with Gasteiger partial charge in [0.1, 0.15) is 5.60 Å². The van der Waals surface area contributed by atoms with E-state index in [4.69, 9.17) is 9.39 Å². The molecule has 0 radical (unpaired) electrons. The third-order valence-corrected chi connectivity index (χ3v) is 9.18. The Morgan fingerprint density at radius 2 is 1.50 bits per heavy atom. The maximum atomic E-state index is 6.24. The van der Waals surface area contributed by atoms with E-state index in [2.05, 4.69) is 105 Å². The normalized spacial score (nSPS) is 22.8. The summed E-state index contributed by atoms with van der Waals surface area (Å²) >= 11 is 0. The van der Waals surface area contributed by atoms with E-state index >= 15 is 0 Å². The summed E-state index contributed by atoms with van der Waals surface area (Å²) in [5.74, 6) is 0. The Balaban J connectivity index is 0.00000176. The van der Waals surface area contributed by atoms with Gasteiger partial charge in [0.15, 0.2) is 0 Å². The van der Waals surface area contributed by atoms with Crippen LogP contribution in [0, 0.1) is 20.8 Å². The molecule has 2 nitrogen and oxygen atoms in total. The van der Waals surface area contributed by atoms with E-state index in [1.165, 1.54) is 38.8 Å². The van der Waals surface area contributed by atoms with Crippen LogP contribution in [0.25, 0.3) is 6.08 Å². The summed E-state index contributed by atoms with van der Waals surface area (Å²) in [5, 5.41) is 0.173. The predicted octanol–water partition coefficient (Wildman–Crippen LogP) is 8.33. The third-order valence-electron chi connectivity index (χ3n) is 9.18. The van der Waals surface area contributed by atoms with E-state index in [0.717, 1.165) is 25.9 Å². The molecular formula is C33H49BO2.